The maximum atomic E-state index is 12.6. The lowest BCUT2D eigenvalue weighted by Crippen LogP contribution is -2.34. The normalized spacial score (nSPS) is 10.3. The maximum Gasteiger partial charge on any atom is 0.258 e. The lowest BCUT2D eigenvalue weighted by Gasteiger charge is -2.13. The van der Waals surface area contributed by atoms with Gasteiger partial charge < -0.3 is 10.1 Å². The van der Waals surface area contributed by atoms with Gasteiger partial charge in [0.15, 0.2) is 5.11 Å². The Balaban J connectivity index is 1.81. The number of carbonyl (C=O) groups is 1. The summed E-state index contributed by atoms with van der Waals surface area (Å²) in [6, 6.07) is 18.7. The summed E-state index contributed by atoms with van der Waals surface area (Å²) in [6.45, 7) is 0. The third kappa shape index (κ3) is 3.81. The van der Waals surface area contributed by atoms with Crippen LogP contribution in [0.1, 0.15) is 10.4 Å². The van der Waals surface area contributed by atoms with Crippen LogP contribution < -0.4 is 15.4 Å². The zero-order valence-corrected chi connectivity index (χ0v) is 15.8. The van der Waals surface area contributed by atoms with Crippen molar-refractivity contribution in [3.8, 4) is 5.75 Å². The molecule has 3 aromatic rings. The third-order valence-electron chi connectivity index (χ3n) is 3.70. The van der Waals surface area contributed by atoms with E-state index in [1.807, 2.05) is 54.6 Å². The molecule has 0 aliphatic heterocycles. The number of hydrogen-bond donors (Lipinski definition) is 2. The maximum absolute atomic E-state index is 12.6. The van der Waals surface area contributed by atoms with Gasteiger partial charge in [0.1, 0.15) is 5.75 Å². The molecule has 126 valence electrons. The zero-order valence-electron chi connectivity index (χ0n) is 13.4. The standard InChI is InChI=1S/C19H15BrN2O2S/c1-24-17-11-3-2-10-16(17)21-19(25)22-18(23)14-8-4-7-13-12(14)6-5-9-15(13)20/h2-11H,1H3,(H2,21,22,23,25). The summed E-state index contributed by atoms with van der Waals surface area (Å²) in [5.41, 5.74) is 1.25. The summed E-state index contributed by atoms with van der Waals surface area (Å²) in [5.74, 6) is 0.379. The topological polar surface area (TPSA) is 50.4 Å². The van der Waals surface area contributed by atoms with E-state index in [1.165, 1.54) is 0 Å². The molecule has 3 rings (SSSR count). The summed E-state index contributed by atoms with van der Waals surface area (Å²) in [6.07, 6.45) is 0. The molecule has 0 unspecified atom stereocenters. The van der Waals surface area contributed by atoms with Gasteiger partial charge in [-0.25, -0.2) is 0 Å². The number of para-hydroxylation sites is 2. The predicted octanol–water partition coefficient (Wildman–Crippen LogP) is 4.74. The van der Waals surface area contributed by atoms with Gasteiger partial charge >= 0.3 is 0 Å². The average molecular weight is 415 g/mol. The molecule has 0 saturated carbocycles. The van der Waals surface area contributed by atoms with Gasteiger partial charge in [-0.15, -0.1) is 0 Å². The molecule has 3 aromatic carbocycles. The highest BCUT2D eigenvalue weighted by molar-refractivity contribution is 9.10. The van der Waals surface area contributed by atoms with Gasteiger partial charge in [0.25, 0.3) is 5.91 Å². The van der Waals surface area contributed by atoms with E-state index in [1.54, 1.807) is 13.2 Å². The van der Waals surface area contributed by atoms with E-state index in [0.717, 1.165) is 15.2 Å². The Morgan fingerprint density at radius 3 is 2.52 bits per heavy atom. The molecular formula is C19H15BrN2O2S. The Kier molecular flexibility index (Phi) is 5.31. The molecule has 6 heteroatoms. The SMILES string of the molecule is COc1ccccc1NC(=S)NC(=O)c1cccc2c(Br)cccc12. The van der Waals surface area contributed by atoms with Crippen molar-refractivity contribution in [3.63, 3.8) is 0 Å². The van der Waals surface area contributed by atoms with E-state index in [2.05, 4.69) is 26.6 Å². The minimum absolute atomic E-state index is 0.210. The highest BCUT2D eigenvalue weighted by Crippen LogP contribution is 2.26. The van der Waals surface area contributed by atoms with Crippen molar-refractivity contribution in [2.24, 2.45) is 0 Å². The van der Waals surface area contributed by atoms with E-state index in [0.29, 0.717) is 17.0 Å². The second-order valence-electron chi connectivity index (χ2n) is 5.25. The largest absolute Gasteiger partial charge is 0.495 e. The molecule has 0 spiro atoms. The molecule has 0 radical (unpaired) electrons. The number of carbonyl (C=O) groups excluding carboxylic acids is 1. The minimum Gasteiger partial charge on any atom is -0.495 e. The van der Waals surface area contributed by atoms with Crippen LogP contribution in [-0.4, -0.2) is 18.1 Å². The number of nitrogens with one attached hydrogen (secondary N) is 2. The van der Waals surface area contributed by atoms with Crippen molar-refractivity contribution < 1.29 is 9.53 Å². The zero-order chi connectivity index (χ0) is 17.8. The van der Waals surface area contributed by atoms with Crippen LogP contribution in [0, 0.1) is 0 Å². The molecule has 0 fully saturated rings. The van der Waals surface area contributed by atoms with Gasteiger partial charge in [0.05, 0.1) is 12.8 Å². The van der Waals surface area contributed by atoms with Crippen LogP contribution in [0.5, 0.6) is 5.75 Å². The lowest BCUT2D eigenvalue weighted by atomic mass is 10.0. The number of anilines is 1. The summed E-state index contributed by atoms with van der Waals surface area (Å²) < 4.78 is 6.21. The van der Waals surface area contributed by atoms with E-state index < -0.39 is 0 Å². The van der Waals surface area contributed by atoms with Crippen molar-refractivity contribution in [2.75, 3.05) is 12.4 Å². The second-order valence-corrected chi connectivity index (χ2v) is 6.51. The smallest absolute Gasteiger partial charge is 0.258 e. The lowest BCUT2D eigenvalue weighted by molar-refractivity contribution is 0.0979. The van der Waals surface area contributed by atoms with Crippen molar-refractivity contribution in [1.82, 2.24) is 5.32 Å². The number of halogens is 1. The first kappa shape index (κ1) is 17.4. The van der Waals surface area contributed by atoms with Crippen LogP contribution in [0.3, 0.4) is 0 Å². The molecule has 0 atom stereocenters. The van der Waals surface area contributed by atoms with Crippen molar-refractivity contribution in [3.05, 3.63) is 70.7 Å². The first-order valence-electron chi connectivity index (χ1n) is 7.52. The van der Waals surface area contributed by atoms with Crippen LogP contribution in [0.25, 0.3) is 10.8 Å². The Labute approximate surface area is 159 Å². The number of rotatable bonds is 3. The van der Waals surface area contributed by atoms with Gasteiger partial charge in [-0.3, -0.25) is 10.1 Å². The third-order valence-corrected chi connectivity index (χ3v) is 4.59. The molecule has 0 aliphatic rings. The van der Waals surface area contributed by atoms with Crippen molar-refractivity contribution >= 4 is 55.6 Å². The predicted molar refractivity (Wildman–Crippen MR) is 108 cm³/mol. The van der Waals surface area contributed by atoms with Crippen LogP contribution >= 0.6 is 28.1 Å². The number of ether oxygens (including phenoxy) is 1. The first-order chi connectivity index (χ1) is 12.1. The quantitative estimate of drug-likeness (QED) is 0.607. The number of methoxy groups -OCH3 is 1. The molecule has 1 amide bonds. The van der Waals surface area contributed by atoms with Crippen molar-refractivity contribution in [1.29, 1.82) is 0 Å². The Bertz CT molecular complexity index is 959. The molecule has 0 bridgehead atoms. The molecule has 4 nitrogen and oxygen atoms in total. The fourth-order valence-corrected chi connectivity index (χ4v) is 3.24. The number of benzene rings is 3. The van der Waals surface area contributed by atoms with Gasteiger partial charge in [-0.05, 0) is 47.3 Å². The summed E-state index contributed by atoms with van der Waals surface area (Å²) in [5, 5.41) is 7.74. The molecule has 0 saturated heterocycles. The highest BCUT2D eigenvalue weighted by Gasteiger charge is 2.13. The average Bonchev–Trinajstić information content (AvgIpc) is 2.62. The van der Waals surface area contributed by atoms with Crippen molar-refractivity contribution in [2.45, 2.75) is 0 Å². The van der Waals surface area contributed by atoms with Crippen LogP contribution in [-0.2, 0) is 0 Å². The number of amides is 1. The summed E-state index contributed by atoms with van der Waals surface area (Å²) in [4.78, 5) is 12.6. The minimum atomic E-state index is -0.268. The molecular weight excluding hydrogens is 400 g/mol. The number of thiocarbonyl (C=S) groups is 1. The molecule has 0 aliphatic carbocycles. The molecule has 0 heterocycles. The Morgan fingerprint density at radius 1 is 1.00 bits per heavy atom. The summed E-state index contributed by atoms with van der Waals surface area (Å²) >= 11 is 8.77. The first-order valence-corrected chi connectivity index (χ1v) is 8.73. The highest BCUT2D eigenvalue weighted by atomic mass is 79.9. The van der Waals surface area contributed by atoms with Crippen LogP contribution in [0.15, 0.2) is 65.1 Å². The molecule has 0 aromatic heterocycles. The van der Waals surface area contributed by atoms with Gasteiger partial charge in [0.2, 0.25) is 0 Å². The Morgan fingerprint density at radius 2 is 1.72 bits per heavy atom. The summed E-state index contributed by atoms with van der Waals surface area (Å²) in [7, 11) is 1.58. The number of fused-ring (bicyclic) bond motifs is 1. The monoisotopic (exact) mass is 414 g/mol. The van der Waals surface area contributed by atoms with Crippen LogP contribution in [0.4, 0.5) is 5.69 Å². The fraction of sp³-hybridized carbons (Fsp3) is 0.0526. The van der Waals surface area contributed by atoms with Gasteiger partial charge in [-0.2, -0.15) is 0 Å². The van der Waals surface area contributed by atoms with E-state index in [4.69, 9.17) is 17.0 Å². The molecule has 2 N–H and O–H groups in total. The molecule has 25 heavy (non-hydrogen) atoms. The number of hydrogen-bond acceptors (Lipinski definition) is 3. The second kappa shape index (κ2) is 7.63. The van der Waals surface area contributed by atoms with E-state index in [-0.39, 0.29) is 11.0 Å². The van der Waals surface area contributed by atoms with E-state index in [9.17, 15) is 4.79 Å². The fourth-order valence-electron chi connectivity index (χ4n) is 2.54. The Hall–Kier alpha value is -2.44. The van der Waals surface area contributed by atoms with Crippen LogP contribution in [0.2, 0.25) is 0 Å². The van der Waals surface area contributed by atoms with Gasteiger partial charge in [0, 0.05) is 10.0 Å². The van der Waals surface area contributed by atoms with E-state index >= 15 is 0 Å². The van der Waals surface area contributed by atoms with Gasteiger partial charge in [-0.1, -0.05) is 52.3 Å².